The van der Waals surface area contributed by atoms with E-state index in [1.807, 2.05) is 18.2 Å². The molecule has 1 aromatic carbocycles. The summed E-state index contributed by atoms with van der Waals surface area (Å²) in [4.78, 5) is 31.9. The number of carbonyl (C=O) groups is 2. The molecule has 1 aliphatic heterocycles. The number of thioether (sulfide) groups is 1. The van der Waals surface area contributed by atoms with Crippen LogP contribution in [0, 0.1) is 23.7 Å². The molecule has 4 atom stereocenters. The van der Waals surface area contributed by atoms with Gasteiger partial charge in [-0.1, -0.05) is 30.8 Å². The van der Waals surface area contributed by atoms with Crippen molar-refractivity contribution in [2.45, 2.75) is 24.1 Å². The summed E-state index contributed by atoms with van der Waals surface area (Å²) in [7, 11) is 0. The van der Waals surface area contributed by atoms with E-state index in [0.717, 1.165) is 33.2 Å². The van der Waals surface area contributed by atoms with Crippen LogP contribution < -0.4 is 4.90 Å². The lowest BCUT2D eigenvalue weighted by molar-refractivity contribution is -0.123. The molecule has 5 rings (SSSR count). The molecule has 4 nitrogen and oxygen atoms in total. The number of thiazole rings is 1. The first-order valence-corrected chi connectivity index (χ1v) is 10.6. The Hall–Kier alpha value is -1.66. The van der Waals surface area contributed by atoms with Crippen LogP contribution in [0.25, 0.3) is 10.2 Å². The number of hydrogen-bond acceptors (Lipinski definition) is 5. The number of imide groups is 1. The molecular formula is C19H18N2O2S2. The van der Waals surface area contributed by atoms with Crippen molar-refractivity contribution in [2.24, 2.45) is 23.7 Å². The molecule has 2 aliphatic carbocycles. The SMILES string of the molecule is CCCSc1nc2ccc(N3C(=O)[C@@H]4[C@@H](C3=O)[C@H]3C=C[C@H]4C3)cc2s1. The van der Waals surface area contributed by atoms with E-state index in [9.17, 15) is 9.59 Å². The molecule has 0 unspecified atom stereocenters. The standard InChI is InChI=1S/C19H18N2O2S2/c1-2-7-24-19-20-13-6-5-12(9-14(13)25-19)21-17(22)15-10-3-4-11(8-10)16(15)18(21)23/h3-6,9-11,15-16H,2,7-8H2,1H3/t10-,11-,15-,16-/m0/s1. The molecule has 25 heavy (non-hydrogen) atoms. The van der Waals surface area contributed by atoms with E-state index in [-0.39, 0.29) is 35.5 Å². The smallest absolute Gasteiger partial charge is 0.238 e. The van der Waals surface area contributed by atoms with E-state index in [1.165, 1.54) is 4.90 Å². The van der Waals surface area contributed by atoms with Crippen LogP contribution >= 0.6 is 23.1 Å². The van der Waals surface area contributed by atoms with Crippen LogP contribution in [-0.4, -0.2) is 22.6 Å². The minimum Gasteiger partial charge on any atom is -0.274 e. The minimum atomic E-state index is -0.143. The van der Waals surface area contributed by atoms with Crippen molar-refractivity contribution in [3.8, 4) is 0 Å². The number of carbonyl (C=O) groups excluding carboxylic acids is 2. The zero-order valence-corrected chi connectivity index (χ0v) is 15.5. The summed E-state index contributed by atoms with van der Waals surface area (Å²) in [5.74, 6) is 1.23. The normalized spacial score (nSPS) is 30.0. The number of fused-ring (bicyclic) bond motifs is 6. The van der Waals surface area contributed by atoms with E-state index >= 15 is 0 Å². The molecule has 1 saturated heterocycles. The van der Waals surface area contributed by atoms with Crippen LogP contribution in [0.2, 0.25) is 0 Å². The Kier molecular flexibility index (Phi) is 3.54. The topological polar surface area (TPSA) is 50.3 Å². The summed E-state index contributed by atoms with van der Waals surface area (Å²) in [6.07, 6.45) is 6.34. The molecule has 2 fully saturated rings. The fourth-order valence-corrected chi connectivity index (χ4v) is 6.47. The number of allylic oxidation sites excluding steroid dienone is 2. The van der Waals surface area contributed by atoms with E-state index in [1.54, 1.807) is 23.1 Å². The van der Waals surface area contributed by atoms with Gasteiger partial charge >= 0.3 is 0 Å². The summed E-state index contributed by atoms with van der Waals surface area (Å²) in [6.45, 7) is 2.15. The molecule has 2 amide bonds. The van der Waals surface area contributed by atoms with Gasteiger partial charge in [0.1, 0.15) is 0 Å². The predicted molar refractivity (Wildman–Crippen MR) is 101 cm³/mol. The molecule has 128 valence electrons. The zero-order valence-electron chi connectivity index (χ0n) is 13.8. The third-order valence-electron chi connectivity index (χ3n) is 5.51. The van der Waals surface area contributed by atoms with Gasteiger partial charge in [-0.3, -0.25) is 9.59 Å². The Balaban J connectivity index is 1.49. The third kappa shape index (κ3) is 2.23. The lowest BCUT2D eigenvalue weighted by Gasteiger charge is -2.17. The van der Waals surface area contributed by atoms with E-state index in [4.69, 9.17) is 0 Å². The van der Waals surface area contributed by atoms with Crippen molar-refractivity contribution >= 4 is 50.8 Å². The molecule has 0 radical (unpaired) electrons. The van der Waals surface area contributed by atoms with Crippen LogP contribution in [0.1, 0.15) is 19.8 Å². The maximum absolute atomic E-state index is 12.9. The molecule has 2 heterocycles. The Morgan fingerprint density at radius 2 is 1.92 bits per heavy atom. The van der Waals surface area contributed by atoms with Crippen molar-refractivity contribution < 1.29 is 9.59 Å². The number of amides is 2. The number of nitrogens with zero attached hydrogens (tertiary/aromatic N) is 2. The summed E-state index contributed by atoms with van der Waals surface area (Å²) in [5, 5.41) is 0. The predicted octanol–water partition coefficient (Wildman–Crippen LogP) is 4.11. The quantitative estimate of drug-likeness (QED) is 0.462. The highest BCUT2D eigenvalue weighted by molar-refractivity contribution is 8.01. The molecule has 3 aliphatic rings. The van der Waals surface area contributed by atoms with E-state index in [0.29, 0.717) is 5.69 Å². The molecule has 6 heteroatoms. The van der Waals surface area contributed by atoms with Gasteiger partial charge in [0.05, 0.1) is 27.7 Å². The third-order valence-corrected chi connectivity index (χ3v) is 7.88. The van der Waals surface area contributed by atoms with Crippen LogP contribution in [0.3, 0.4) is 0 Å². The van der Waals surface area contributed by atoms with Gasteiger partial charge in [0, 0.05) is 5.75 Å². The first-order valence-electron chi connectivity index (χ1n) is 8.77. The van der Waals surface area contributed by atoms with Crippen molar-refractivity contribution in [2.75, 3.05) is 10.7 Å². The fraction of sp³-hybridized carbons (Fsp3) is 0.421. The maximum atomic E-state index is 12.9. The second-order valence-corrected chi connectivity index (χ2v) is 9.36. The van der Waals surface area contributed by atoms with E-state index in [2.05, 4.69) is 24.1 Å². The molecule has 1 aromatic heterocycles. The number of aromatic nitrogens is 1. The van der Waals surface area contributed by atoms with Gasteiger partial charge < -0.3 is 0 Å². The molecular weight excluding hydrogens is 352 g/mol. The van der Waals surface area contributed by atoms with Gasteiger partial charge in [-0.05, 0) is 42.9 Å². The average Bonchev–Trinajstić information content (AvgIpc) is 3.35. The van der Waals surface area contributed by atoms with Crippen molar-refractivity contribution in [1.29, 1.82) is 0 Å². The molecule has 1 saturated carbocycles. The number of anilines is 1. The van der Waals surface area contributed by atoms with Crippen LogP contribution in [-0.2, 0) is 9.59 Å². The number of rotatable bonds is 4. The summed E-state index contributed by atoms with van der Waals surface area (Å²) in [5.41, 5.74) is 1.64. The number of hydrogen-bond donors (Lipinski definition) is 0. The Morgan fingerprint density at radius 3 is 2.60 bits per heavy atom. The second-order valence-electron chi connectivity index (χ2n) is 6.99. The Morgan fingerprint density at radius 1 is 1.20 bits per heavy atom. The zero-order chi connectivity index (χ0) is 17.1. The lowest BCUT2D eigenvalue weighted by atomic mass is 9.85. The summed E-state index contributed by atoms with van der Waals surface area (Å²) < 4.78 is 2.09. The molecule has 2 aromatic rings. The van der Waals surface area contributed by atoms with Crippen LogP contribution in [0.15, 0.2) is 34.7 Å². The van der Waals surface area contributed by atoms with Crippen molar-refractivity contribution in [1.82, 2.24) is 4.98 Å². The van der Waals surface area contributed by atoms with E-state index < -0.39 is 0 Å². The first-order chi connectivity index (χ1) is 12.2. The van der Waals surface area contributed by atoms with Crippen LogP contribution in [0.4, 0.5) is 5.69 Å². The Bertz CT molecular complexity index is 889. The molecule has 2 bridgehead atoms. The van der Waals surface area contributed by atoms with Gasteiger partial charge in [-0.15, -0.1) is 11.3 Å². The maximum Gasteiger partial charge on any atom is 0.238 e. The summed E-state index contributed by atoms with van der Waals surface area (Å²) in [6, 6.07) is 5.75. The average molecular weight is 370 g/mol. The molecule has 0 N–H and O–H groups in total. The first kappa shape index (κ1) is 15.6. The van der Waals surface area contributed by atoms with Crippen molar-refractivity contribution in [3.63, 3.8) is 0 Å². The number of benzene rings is 1. The van der Waals surface area contributed by atoms with Gasteiger partial charge in [0.2, 0.25) is 11.8 Å². The monoisotopic (exact) mass is 370 g/mol. The highest BCUT2D eigenvalue weighted by Gasteiger charge is 2.59. The van der Waals surface area contributed by atoms with Gasteiger partial charge in [0.25, 0.3) is 0 Å². The van der Waals surface area contributed by atoms with Gasteiger partial charge in [-0.2, -0.15) is 0 Å². The highest BCUT2D eigenvalue weighted by atomic mass is 32.2. The summed E-state index contributed by atoms with van der Waals surface area (Å²) >= 11 is 3.40. The molecule has 0 spiro atoms. The largest absolute Gasteiger partial charge is 0.274 e. The van der Waals surface area contributed by atoms with Gasteiger partial charge in [0.15, 0.2) is 4.34 Å². The van der Waals surface area contributed by atoms with Gasteiger partial charge in [-0.25, -0.2) is 9.88 Å². The highest BCUT2D eigenvalue weighted by Crippen LogP contribution is 2.53. The van der Waals surface area contributed by atoms with Crippen molar-refractivity contribution in [3.05, 3.63) is 30.4 Å². The van der Waals surface area contributed by atoms with Crippen LogP contribution in [0.5, 0.6) is 0 Å². The lowest BCUT2D eigenvalue weighted by Crippen LogP contribution is -2.32. The Labute approximate surface area is 154 Å². The second kappa shape index (κ2) is 5.68. The fourth-order valence-electron chi connectivity index (χ4n) is 4.44. The minimum absolute atomic E-state index is 0.0173.